The lowest BCUT2D eigenvalue weighted by Gasteiger charge is -2.41. The van der Waals surface area contributed by atoms with E-state index in [0.717, 1.165) is 11.1 Å². The number of ether oxygens (including phenoxy) is 2. The molecule has 5 aromatic rings. The van der Waals surface area contributed by atoms with Crippen LogP contribution in [0, 0.1) is 35.0 Å². The van der Waals surface area contributed by atoms with E-state index in [0.29, 0.717) is 22.2 Å². The number of aliphatic hydroxyl groups excluding tert-OH is 1. The third-order valence-electron chi connectivity index (χ3n) is 7.91. The van der Waals surface area contributed by atoms with Crippen molar-refractivity contribution in [3.8, 4) is 11.4 Å². The number of hydrogen-bond acceptors (Lipinski definition) is 9. The van der Waals surface area contributed by atoms with Crippen LogP contribution in [0.5, 0.6) is 5.75 Å². The van der Waals surface area contributed by atoms with Gasteiger partial charge >= 0.3 is 0 Å². The van der Waals surface area contributed by atoms with Crippen LogP contribution in [0.25, 0.3) is 5.69 Å². The van der Waals surface area contributed by atoms with Gasteiger partial charge < -0.3 is 25.0 Å². The smallest absolute Gasteiger partial charge is 0.261 e. The van der Waals surface area contributed by atoms with Gasteiger partial charge in [0, 0.05) is 22.9 Å². The number of amides is 1. The maximum atomic E-state index is 14.2. The van der Waals surface area contributed by atoms with Crippen LogP contribution in [0.4, 0.5) is 27.6 Å². The molecule has 4 unspecified atom stereocenters. The number of aromatic nitrogens is 4. The summed E-state index contributed by atoms with van der Waals surface area (Å²) in [6, 6.07) is 19.4. The van der Waals surface area contributed by atoms with Gasteiger partial charge in [0.1, 0.15) is 11.3 Å². The highest BCUT2D eigenvalue weighted by Gasteiger charge is 2.39. The van der Waals surface area contributed by atoms with Gasteiger partial charge in [-0.1, -0.05) is 55.1 Å². The molecule has 0 radical (unpaired) electrons. The van der Waals surface area contributed by atoms with Crippen LogP contribution in [0.15, 0.2) is 78.0 Å². The molecule has 6 rings (SSSR count). The zero-order valence-electron chi connectivity index (χ0n) is 25.4. The molecule has 1 amide bonds. The van der Waals surface area contributed by atoms with Gasteiger partial charge in [-0.05, 0) is 58.0 Å². The van der Waals surface area contributed by atoms with Crippen molar-refractivity contribution in [1.82, 2.24) is 20.2 Å². The van der Waals surface area contributed by atoms with Crippen molar-refractivity contribution in [3.63, 3.8) is 0 Å². The second-order valence-electron chi connectivity index (χ2n) is 11.0. The molecule has 1 saturated heterocycles. The number of aromatic hydroxyl groups is 1. The van der Waals surface area contributed by atoms with E-state index in [-0.39, 0.29) is 24.0 Å². The Hall–Kier alpha value is -4.90. The van der Waals surface area contributed by atoms with E-state index < -0.39 is 59.1 Å². The van der Waals surface area contributed by atoms with Gasteiger partial charge in [0.25, 0.3) is 5.91 Å². The third kappa shape index (κ3) is 6.98. The zero-order chi connectivity index (χ0) is 34.8. The number of tetrazole rings is 1. The van der Waals surface area contributed by atoms with Gasteiger partial charge in [-0.3, -0.25) is 4.79 Å². The highest BCUT2D eigenvalue weighted by atomic mass is 32.2. The highest BCUT2D eigenvalue weighted by Crippen LogP contribution is 2.43. The zero-order valence-corrected chi connectivity index (χ0v) is 26.2. The third-order valence-corrected chi connectivity index (χ3v) is 8.92. The Morgan fingerprint density at radius 3 is 2.10 bits per heavy atom. The van der Waals surface area contributed by atoms with Crippen molar-refractivity contribution in [2.75, 3.05) is 11.1 Å². The number of nitrogens with one attached hydrogen (secondary N) is 1. The van der Waals surface area contributed by atoms with Crippen LogP contribution in [-0.4, -0.2) is 48.2 Å². The molecule has 0 bridgehead atoms. The summed E-state index contributed by atoms with van der Waals surface area (Å²) >= 11 is 1.34. The molecule has 254 valence electrons. The highest BCUT2D eigenvalue weighted by molar-refractivity contribution is 7.99. The molecule has 0 spiro atoms. The first-order valence-electron chi connectivity index (χ1n) is 14.7. The molecule has 1 aromatic heterocycles. The molecule has 1 aliphatic rings. The lowest BCUT2D eigenvalue weighted by atomic mass is 9.91. The van der Waals surface area contributed by atoms with Crippen LogP contribution in [0.1, 0.15) is 46.4 Å². The average Bonchev–Trinajstić information content (AvgIpc) is 3.59. The number of phenols is 1. The number of nitrogens with zero attached hydrogens (tertiary/aromatic N) is 4. The topological polar surface area (TPSA) is 132 Å². The summed E-state index contributed by atoms with van der Waals surface area (Å²) in [4.78, 5) is 12.5. The molecule has 0 aliphatic carbocycles. The van der Waals surface area contributed by atoms with E-state index in [1.165, 1.54) is 52.8 Å². The van der Waals surface area contributed by atoms with E-state index in [9.17, 15) is 37.0 Å². The summed E-state index contributed by atoms with van der Waals surface area (Å²) in [7, 11) is 0. The quantitative estimate of drug-likeness (QED) is 0.0693. The Morgan fingerprint density at radius 1 is 0.857 bits per heavy atom. The van der Waals surface area contributed by atoms with Gasteiger partial charge in [-0.25, -0.2) is 22.0 Å². The van der Waals surface area contributed by atoms with E-state index in [1.807, 2.05) is 19.1 Å². The van der Waals surface area contributed by atoms with Crippen LogP contribution in [0.3, 0.4) is 0 Å². The molecule has 16 heteroatoms. The Kier molecular flexibility index (Phi) is 9.91. The van der Waals surface area contributed by atoms with Crippen molar-refractivity contribution in [2.24, 2.45) is 5.92 Å². The Balaban J connectivity index is 1.23. The first-order valence-corrected chi connectivity index (χ1v) is 15.7. The number of rotatable bonds is 9. The molecular formula is C33H26F5N5O5S. The van der Waals surface area contributed by atoms with Gasteiger partial charge in [0.05, 0.1) is 24.5 Å². The second kappa shape index (κ2) is 14.3. The lowest BCUT2D eigenvalue weighted by Crippen LogP contribution is -2.38. The number of hydrogen-bond donors (Lipinski definition) is 3. The van der Waals surface area contributed by atoms with E-state index in [2.05, 4.69) is 20.8 Å². The van der Waals surface area contributed by atoms with Gasteiger partial charge in [0.2, 0.25) is 11.0 Å². The fourth-order valence-corrected chi connectivity index (χ4v) is 6.27. The molecule has 10 nitrogen and oxygen atoms in total. The van der Waals surface area contributed by atoms with Gasteiger partial charge in [-0.15, -0.1) is 5.10 Å². The van der Waals surface area contributed by atoms with Crippen molar-refractivity contribution < 1.29 is 46.4 Å². The molecule has 3 N–H and O–H groups in total. The molecule has 4 aromatic carbocycles. The molecule has 4 atom stereocenters. The fraction of sp³-hybridized carbons (Fsp3) is 0.212. The first-order chi connectivity index (χ1) is 23.5. The molecule has 49 heavy (non-hydrogen) atoms. The summed E-state index contributed by atoms with van der Waals surface area (Å²) < 4.78 is 83.4. The van der Waals surface area contributed by atoms with E-state index in [1.54, 1.807) is 24.3 Å². The van der Waals surface area contributed by atoms with Crippen LogP contribution < -0.4 is 5.32 Å². The molecular weight excluding hydrogens is 673 g/mol. The maximum absolute atomic E-state index is 14.2. The second-order valence-corrected chi connectivity index (χ2v) is 12.0. The number of benzene rings is 4. The van der Waals surface area contributed by atoms with Gasteiger partial charge in [0.15, 0.2) is 29.6 Å². The standard InChI is InChI=1S/C33H26F5N5O5S/c1-16-23(15-49-33-40-41-42-43(33)21-10-12-22(45)13-11-21)47-32(48-30(16)18-4-2-17(14-44)3-5-18)19-6-8-20(9-7-19)39-31(46)24-25(34)27(36)29(38)28(37)26(24)35/h2-13,16,23,30,32,44-45H,14-15H2,1H3,(H,39,46). The number of phenolic OH excluding ortho intramolecular Hbond substituents is 1. The predicted molar refractivity (Wildman–Crippen MR) is 165 cm³/mol. The number of carbonyl (C=O) groups is 1. The van der Waals surface area contributed by atoms with Crippen LogP contribution in [0.2, 0.25) is 0 Å². The Labute approximate surface area is 279 Å². The van der Waals surface area contributed by atoms with Crippen LogP contribution in [-0.2, 0) is 16.1 Å². The Bertz CT molecular complexity index is 1940. The van der Waals surface area contributed by atoms with Crippen molar-refractivity contribution in [1.29, 1.82) is 0 Å². The summed E-state index contributed by atoms with van der Waals surface area (Å²) in [5.74, 6) is -12.6. The molecule has 2 heterocycles. The minimum Gasteiger partial charge on any atom is -0.508 e. The van der Waals surface area contributed by atoms with Crippen LogP contribution >= 0.6 is 11.8 Å². The summed E-state index contributed by atoms with van der Waals surface area (Å²) in [6.07, 6.45) is -1.83. The van der Waals surface area contributed by atoms with E-state index >= 15 is 0 Å². The van der Waals surface area contributed by atoms with Crippen molar-refractivity contribution in [2.45, 2.75) is 37.2 Å². The molecule has 1 fully saturated rings. The summed E-state index contributed by atoms with van der Waals surface area (Å²) in [5, 5.41) is 33.7. The lowest BCUT2D eigenvalue weighted by molar-refractivity contribution is -0.268. The minimum atomic E-state index is -2.37. The Morgan fingerprint density at radius 2 is 1.47 bits per heavy atom. The number of carbonyl (C=O) groups excluding carboxylic acids is 1. The maximum Gasteiger partial charge on any atom is 0.261 e. The molecule has 1 aliphatic heterocycles. The fourth-order valence-electron chi connectivity index (χ4n) is 5.21. The minimum absolute atomic E-state index is 0.00573. The number of halogens is 5. The number of thioether (sulfide) groups is 1. The number of anilines is 1. The largest absolute Gasteiger partial charge is 0.508 e. The normalized spacial score (nSPS) is 19.2. The average molecular weight is 700 g/mol. The summed E-state index contributed by atoms with van der Waals surface area (Å²) in [6.45, 7) is 1.84. The van der Waals surface area contributed by atoms with E-state index in [4.69, 9.17) is 9.47 Å². The van der Waals surface area contributed by atoms with Crippen molar-refractivity contribution >= 4 is 23.4 Å². The van der Waals surface area contributed by atoms with Crippen molar-refractivity contribution in [3.05, 3.63) is 124 Å². The molecule has 0 saturated carbocycles. The first kappa shape index (κ1) is 34.0. The SMILES string of the molecule is CC1C(CSc2nnnn2-c2ccc(O)cc2)OC(c2ccc(NC(=O)c3c(F)c(F)c(F)c(F)c3F)cc2)OC1c1ccc(CO)cc1. The predicted octanol–water partition coefficient (Wildman–Crippen LogP) is 6.39. The monoisotopic (exact) mass is 699 g/mol. The summed E-state index contributed by atoms with van der Waals surface area (Å²) in [5.41, 5.74) is 1.08. The number of aliphatic hydroxyl groups is 1. The van der Waals surface area contributed by atoms with Gasteiger partial charge in [-0.2, -0.15) is 4.68 Å².